The van der Waals surface area contributed by atoms with Crippen molar-refractivity contribution in [1.29, 1.82) is 0 Å². The molecule has 1 unspecified atom stereocenters. The summed E-state index contributed by atoms with van der Waals surface area (Å²) in [4.78, 5) is 8.42. The number of hydrogen-bond acceptors (Lipinski definition) is 4. The van der Waals surface area contributed by atoms with E-state index in [0.717, 1.165) is 23.7 Å². The molecule has 1 atom stereocenters. The van der Waals surface area contributed by atoms with Crippen LogP contribution in [0.25, 0.3) is 0 Å². The summed E-state index contributed by atoms with van der Waals surface area (Å²) in [5.74, 6) is 1.81. The molecule has 0 aromatic carbocycles. The van der Waals surface area contributed by atoms with E-state index in [2.05, 4.69) is 22.2 Å². The molecule has 0 aliphatic carbocycles. The summed E-state index contributed by atoms with van der Waals surface area (Å²) in [6, 6.07) is 4.14. The number of anilines is 1. The minimum Gasteiger partial charge on any atom is -0.469 e. The van der Waals surface area contributed by atoms with Gasteiger partial charge in [-0.25, -0.2) is 4.98 Å². The molecule has 0 aliphatic rings. The molecule has 0 radical (unpaired) electrons. The van der Waals surface area contributed by atoms with Crippen LogP contribution in [0.2, 0.25) is 0 Å². The van der Waals surface area contributed by atoms with Gasteiger partial charge in [-0.2, -0.15) is 0 Å². The van der Waals surface area contributed by atoms with Crippen molar-refractivity contribution in [3.05, 3.63) is 42.2 Å². The van der Waals surface area contributed by atoms with E-state index in [4.69, 9.17) is 4.42 Å². The smallest absolute Gasteiger partial charge is 0.147 e. The van der Waals surface area contributed by atoms with Crippen LogP contribution in [0.4, 0.5) is 5.82 Å². The minimum absolute atomic E-state index is 0.265. The van der Waals surface area contributed by atoms with Crippen molar-refractivity contribution in [3.8, 4) is 0 Å². The second-order valence-electron chi connectivity index (χ2n) is 3.82. The highest BCUT2D eigenvalue weighted by atomic mass is 16.3. The van der Waals surface area contributed by atoms with E-state index in [1.807, 2.05) is 19.1 Å². The van der Waals surface area contributed by atoms with Gasteiger partial charge in [0.15, 0.2) is 0 Å². The molecule has 0 spiro atoms. The SMILES string of the molecule is Cc1nccnc1NC(C)Cc1ccco1. The van der Waals surface area contributed by atoms with Crippen molar-refractivity contribution >= 4 is 5.82 Å². The molecule has 4 nitrogen and oxygen atoms in total. The topological polar surface area (TPSA) is 51.0 Å². The summed E-state index contributed by atoms with van der Waals surface area (Å²) in [5.41, 5.74) is 0.911. The van der Waals surface area contributed by atoms with E-state index in [9.17, 15) is 0 Å². The molecular formula is C12H15N3O. The van der Waals surface area contributed by atoms with Crippen molar-refractivity contribution < 1.29 is 4.42 Å². The second kappa shape index (κ2) is 4.79. The predicted molar refractivity (Wildman–Crippen MR) is 62.3 cm³/mol. The van der Waals surface area contributed by atoms with Crippen LogP contribution in [-0.2, 0) is 6.42 Å². The maximum atomic E-state index is 5.30. The maximum absolute atomic E-state index is 5.30. The normalized spacial score (nSPS) is 12.4. The molecule has 1 N–H and O–H groups in total. The van der Waals surface area contributed by atoms with Crippen molar-refractivity contribution in [3.63, 3.8) is 0 Å². The van der Waals surface area contributed by atoms with E-state index < -0.39 is 0 Å². The molecule has 16 heavy (non-hydrogen) atoms. The molecule has 2 aromatic rings. The Labute approximate surface area is 94.7 Å². The fourth-order valence-electron chi connectivity index (χ4n) is 1.56. The lowest BCUT2D eigenvalue weighted by molar-refractivity contribution is 0.497. The average Bonchev–Trinajstić information content (AvgIpc) is 2.74. The number of nitrogens with zero attached hydrogens (tertiary/aromatic N) is 2. The summed E-state index contributed by atoms with van der Waals surface area (Å²) >= 11 is 0. The summed E-state index contributed by atoms with van der Waals surface area (Å²) in [6.45, 7) is 4.03. The van der Waals surface area contributed by atoms with Crippen LogP contribution in [0.3, 0.4) is 0 Å². The van der Waals surface area contributed by atoms with Gasteiger partial charge in [0.05, 0.1) is 12.0 Å². The average molecular weight is 217 g/mol. The van der Waals surface area contributed by atoms with Crippen LogP contribution in [0.1, 0.15) is 18.4 Å². The van der Waals surface area contributed by atoms with Crippen LogP contribution in [0, 0.1) is 6.92 Å². The molecule has 4 heteroatoms. The molecule has 0 amide bonds. The minimum atomic E-state index is 0.265. The van der Waals surface area contributed by atoms with Gasteiger partial charge in [0.2, 0.25) is 0 Å². The highest BCUT2D eigenvalue weighted by Crippen LogP contribution is 2.11. The lowest BCUT2D eigenvalue weighted by atomic mass is 10.2. The van der Waals surface area contributed by atoms with Gasteiger partial charge in [-0.05, 0) is 26.0 Å². The first kappa shape index (κ1) is 10.7. The van der Waals surface area contributed by atoms with Gasteiger partial charge in [0, 0.05) is 24.9 Å². The standard InChI is InChI=1S/C12H15N3O/c1-9(8-11-4-3-7-16-11)15-12-10(2)13-5-6-14-12/h3-7,9H,8H2,1-2H3,(H,14,15). The zero-order valence-electron chi connectivity index (χ0n) is 9.47. The van der Waals surface area contributed by atoms with Gasteiger partial charge in [-0.1, -0.05) is 0 Å². The van der Waals surface area contributed by atoms with Gasteiger partial charge in [0.1, 0.15) is 11.6 Å². The molecule has 2 heterocycles. The zero-order valence-corrected chi connectivity index (χ0v) is 9.47. The summed E-state index contributed by atoms with van der Waals surface area (Å²) in [5, 5.41) is 3.31. The number of furan rings is 1. The van der Waals surface area contributed by atoms with Gasteiger partial charge in [0.25, 0.3) is 0 Å². The van der Waals surface area contributed by atoms with Crippen molar-refractivity contribution in [1.82, 2.24) is 9.97 Å². The van der Waals surface area contributed by atoms with Crippen LogP contribution in [-0.4, -0.2) is 16.0 Å². The van der Waals surface area contributed by atoms with Crippen molar-refractivity contribution in [2.45, 2.75) is 26.3 Å². The van der Waals surface area contributed by atoms with E-state index in [1.165, 1.54) is 0 Å². The van der Waals surface area contributed by atoms with Crippen molar-refractivity contribution in [2.75, 3.05) is 5.32 Å². The lowest BCUT2D eigenvalue weighted by Gasteiger charge is -2.14. The number of nitrogens with one attached hydrogen (secondary N) is 1. The van der Waals surface area contributed by atoms with Crippen LogP contribution in [0.5, 0.6) is 0 Å². The fraction of sp³-hybridized carbons (Fsp3) is 0.333. The molecule has 0 aliphatic heterocycles. The second-order valence-corrected chi connectivity index (χ2v) is 3.82. The number of aromatic nitrogens is 2. The van der Waals surface area contributed by atoms with Gasteiger partial charge in [-0.15, -0.1) is 0 Å². The Kier molecular flexibility index (Phi) is 3.19. The molecule has 0 fully saturated rings. The van der Waals surface area contributed by atoms with Gasteiger partial charge in [-0.3, -0.25) is 4.98 Å². The first-order chi connectivity index (χ1) is 7.75. The van der Waals surface area contributed by atoms with Crippen LogP contribution in [0.15, 0.2) is 35.2 Å². The third-order valence-electron chi connectivity index (χ3n) is 2.35. The molecule has 0 bridgehead atoms. The monoisotopic (exact) mass is 217 g/mol. The van der Waals surface area contributed by atoms with E-state index >= 15 is 0 Å². The molecule has 84 valence electrons. The highest BCUT2D eigenvalue weighted by Gasteiger charge is 2.07. The van der Waals surface area contributed by atoms with Crippen molar-refractivity contribution in [2.24, 2.45) is 0 Å². The summed E-state index contributed by atoms with van der Waals surface area (Å²) in [7, 11) is 0. The molecule has 2 rings (SSSR count). The fourth-order valence-corrected chi connectivity index (χ4v) is 1.56. The third kappa shape index (κ3) is 2.59. The highest BCUT2D eigenvalue weighted by molar-refractivity contribution is 5.39. The largest absolute Gasteiger partial charge is 0.469 e. The summed E-state index contributed by atoms with van der Waals surface area (Å²) < 4.78 is 5.30. The quantitative estimate of drug-likeness (QED) is 0.854. The maximum Gasteiger partial charge on any atom is 0.147 e. The number of aryl methyl sites for hydroxylation is 1. The molecule has 2 aromatic heterocycles. The Morgan fingerprint density at radius 3 is 2.88 bits per heavy atom. The Balaban J connectivity index is 1.97. The third-order valence-corrected chi connectivity index (χ3v) is 2.35. The van der Waals surface area contributed by atoms with E-state index in [-0.39, 0.29) is 6.04 Å². The molecule has 0 saturated heterocycles. The lowest BCUT2D eigenvalue weighted by Crippen LogP contribution is -2.19. The first-order valence-electron chi connectivity index (χ1n) is 5.32. The first-order valence-corrected chi connectivity index (χ1v) is 5.32. The van der Waals surface area contributed by atoms with Gasteiger partial charge < -0.3 is 9.73 Å². The number of hydrogen-bond donors (Lipinski definition) is 1. The Morgan fingerprint density at radius 2 is 2.19 bits per heavy atom. The van der Waals surface area contributed by atoms with E-state index in [0.29, 0.717) is 0 Å². The Morgan fingerprint density at radius 1 is 1.38 bits per heavy atom. The molecular weight excluding hydrogens is 202 g/mol. The van der Waals surface area contributed by atoms with E-state index in [1.54, 1.807) is 18.7 Å². The number of rotatable bonds is 4. The Bertz CT molecular complexity index is 439. The van der Waals surface area contributed by atoms with Gasteiger partial charge >= 0.3 is 0 Å². The van der Waals surface area contributed by atoms with Crippen LogP contribution >= 0.6 is 0 Å². The summed E-state index contributed by atoms with van der Waals surface area (Å²) in [6.07, 6.45) is 5.91. The van der Waals surface area contributed by atoms with Crippen LogP contribution < -0.4 is 5.32 Å². The predicted octanol–water partition coefficient (Wildman–Crippen LogP) is 2.42. The molecule has 0 saturated carbocycles. The zero-order chi connectivity index (χ0) is 11.4. The Hall–Kier alpha value is -1.84.